The van der Waals surface area contributed by atoms with Crippen molar-refractivity contribution in [1.29, 1.82) is 0 Å². The summed E-state index contributed by atoms with van der Waals surface area (Å²) in [5, 5.41) is 2.92. The summed E-state index contributed by atoms with van der Waals surface area (Å²) in [7, 11) is 0. The van der Waals surface area contributed by atoms with E-state index in [0.29, 0.717) is 0 Å². The fraction of sp³-hybridized carbons (Fsp3) is 0.789. The maximum atomic E-state index is 11.1. The van der Waals surface area contributed by atoms with Crippen LogP contribution in [0.25, 0.3) is 0 Å². The number of rotatable bonds is 12. The summed E-state index contributed by atoms with van der Waals surface area (Å²) < 4.78 is 0.910. The van der Waals surface area contributed by atoms with Gasteiger partial charge in [-0.15, -0.1) is 0 Å². The molecule has 0 aromatic rings. The van der Waals surface area contributed by atoms with Crippen LogP contribution in [0, 0.1) is 0 Å². The molecule has 0 aromatic heterocycles. The first kappa shape index (κ1) is 19.9. The van der Waals surface area contributed by atoms with Crippen LogP contribution in [0.5, 0.6) is 0 Å². The lowest BCUT2D eigenvalue weighted by atomic mass is 10.1. The lowest BCUT2D eigenvalue weighted by molar-refractivity contribution is -0.830. The van der Waals surface area contributed by atoms with Gasteiger partial charge in [-0.3, -0.25) is 9.28 Å². The molecule has 132 valence electrons. The third kappa shape index (κ3) is 7.30. The number of nitrogens with one attached hydrogen (secondary N) is 1. The highest BCUT2D eigenvalue weighted by molar-refractivity contribution is 5.88. The molecule has 0 aliphatic carbocycles. The minimum absolute atomic E-state index is 0.0514. The van der Waals surface area contributed by atoms with E-state index >= 15 is 0 Å². The summed E-state index contributed by atoms with van der Waals surface area (Å²) in [5.74, 6) is 1.25. The Balaban J connectivity index is 2.34. The Bertz CT molecular complexity index is 403. The van der Waals surface area contributed by atoms with Gasteiger partial charge in [0.2, 0.25) is 11.7 Å². The Hall–Kier alpha value is -1.16. The van der Waals surface area contributed by atoms with Gasteiger partial charge >= 0.3 is 0 Å². The van der Waals surface area contributed by atoms with Crippen LogP contribution in [0.15, 0.2) is 17.1 Å². The molecule has 0 radical (unpaired) electrons. The molecule has 0 spiro atoms. The summed E-state index contributed by atoms with van der Waals surface area (Å²) in [6, 6.07) is 0. The number of allylic oxidation sites excluding steroid dienone is 1. The fourth-order valence-electron chi connectivity index (χ4n) is 3.21. The Morgan fingerprint density at radius 1 is 1.22 bits per heavy atom. The predicted molar refractivity (Wildman–Crippen MR) is 98.7 cm³/mol. The van der Waals surface area contributed by atoms with E-state index in [9.17, 15) is 4.79 Å². The Morgan fingerprint density at radius 3 is 2.65 bits per heavy atom. The predicted octanol–water partition coefficient (Wildman–Crippen LogP) is 3.68. The Labute approximate surface area is 142 Å². The highest BCUT2D eigenvalue weighted by Gasteiger charge is 2.34. The van der Waals surface area contributed by atoms with E-state index in [-0.39, 0.29) is 5.91 Å². The van der Waals surface area contributed by atoms with Crippen molar-refractivity contribution >= 4 is 11.7 Å². The number of amides is 1. The van der Waals surface area contributed by atoms with Crippen LogP contribution in [-0.4, -0.2) is 48.9 Å². The van der Waals surface area contributed by atoms with Gasteiger partial charge in [0, 0.05) is 13.0 Å². The van der Waals surface area contributed by atoms with Gasteiger partial charge in [0.1, 0.15) is 13.1 Å². The molecule has 1 rings (SSSR count). The second kappa shape index (κ2) is 11.4. The zero-order valence-corrected chi connectivity index (χ0v) is 15.4. The van der Waals surface area contributed by atoms with Crippen molar-refractivity contribution in [3.05, 3.63) is 12.2 Å². The van der Waals surface area contributed by atoms with E-state index in [1.54, 1.807) is 6.92 Å². The van der Waals surface area contributed by atoms with Crippen LogP contribution in [-0.2, 0) is 4.79 Å². The van der Waals surface area contributed by atoms with Crippen molar-refractivity contribution in [2.75, 3.05) is 32.7 Å². The molecule has 23 heavy (non-hydrogen) atoms. The molecule has 1 aliphatic heterocycles. The Morgan fingerprint density at radius 2 is 1.96 bits per heavy atom. The average Bonchev–Trinajstić information content (AvgIpc) is 2.93. The highest BCUT2D eigenvalue weighted by atomic mass is 16.1. The number of likely N-dealkylation sites (N-methyl/N-ethyl adjacent to an activating group) is 1. The van der Waals surface area contributed by atoms with E-state index in [2.05, 4.69) is 31.3 Å². The number of hydrogen-bond acceptors (Lipinski definition) is 2. The van der Waals surface area contributed by atoms with Gasteiger partial charge in [0.15, 0.2) is 0 Å². The molecule has 0 fully saturated rings. The van der Waals surface area contributed by atoms with E-state index in [0.717, 1.165) is 43.6 Å². The normalized spacial score (nSPS) is 20.9. The van der Waals surface area contributed by atoms with E-state index in [1.807, 2.05) is 0 Å². The second-order valence-corrected chi connectivity index (χ2v) is 6.59. The van der Waals surface area contributed by atoms with Crippen LogP contribution in [0.1, 0.15) is 65.7 Å². The van der Waals surface area contributed by atoms with Crippen LogP contribution in [0.3, 0.4) is 0 Å². The summed E-state index contributed by atoms with van der Waals surface area (Å²) in [6.07, 6.45) is 13.7. The second-order valence-electron chi connectivity index (χ2n) is 6.59. The van der Waals surface area contributed by atoms with Crippen molar-refractivity contribution in [2.45, 2.75) is 65.7 Å². The van der Waals surface area contributed by atoms with Crippen LogP contribution in [0.2, 0.25) is 0 Å². The number of nitrogens with zero attached hydrogens (tertiary/aromatic N) is 2. The summed E-state index contributed by atoms with van der Waals surface area (Å²) in [4.78, 5) is 15.8. The maximum Gasteiger partial charge on any atom is 0.222 e. The standard InChI is InChI=1S/C19H35N3O/c1-4-6-7-8-9-10-11-12-13-19-21-15-17-22(19,5-2)16-14-20-18(3)23/h12-13H,4-11,14-17H2,1-3H3/p+1/b13-12+. The van der Waals surface area contributed by atoms with Gasteiger partial charge in [-0.1, -0.05) is 45.1 Å². The molecule has 1 atom stereocenters. The number of unbranched alkanes of at least 4 members (excludes halogenated alkanes) is 6. The maximum absolute atomic E-state index is 11.1. The van der Waals surface area contributed by atoms with Gasteiger partial charge in [-0.2, -0.15) is 0 Å². The Kier molecular flexibility index (Phi) is 9.85. The molecule has 1 heterocycles. The highest BCUT2D eigenvalue weighted by Crippen LogP contribution is 2.16. The van der Waals surface area contributed by atoms with E-state index in [4.69, 9.17) is 4.99 Å². The first-order chi connectivity index (χ1) is 11.1. The molecule has 1 amide bonds. The first-order valence-electron chi connectivity index (χ1n) is 9.46. The molecular formula is C19H36N3O+. The number of carbonyl (C=O) groups excluding carboxylic acids is 1. The zero-order chi connectivity index (χ0) is 17.0. The molecule has 0 aromatic carbocycles. The largest absolute Gasteiger partial charge is 0.351 e. The lowest BCUT2D eigenvalue weighted by Crippen LogP contribution is -2.53. The smallest absolute Gasteiger partial charge is 0.222 e. The third-order valence-electron chi connectivity index (χ3n) is 4.80. The molecule has 1 aliphatic rings. The quantitative estimate of drug-likeness (QED) is 0.432. The van der Waals surface area contributed by atoms with Gasteiger partial charge < -0.3 is 5.32 Å². The summed E-state index contributed by atoms with van der Waals surface area (Å²) in [5.41, 5.74) is 0. The first-order valence-corrected chi connectivity index (χ1v) is 9.46. The molecule has 1 N–H and O–H groups in total. The topological polar surface area (TPSA) is 41.5 Å². The van der Waals surface area contributed by atoms with Crippen LogP contribution >= 0.6 is 0 Å². The van der Waals surface area contributed by atoms with Crippen molar-refractivity contribution in [3.63, 3.8) is 0 Å². The monoisotopic (exact) mass is 322 g/mol. The fourth-order valence-corrected chi connectivity index (χ4v) is 3.21. The average molecular weight is 323 g/mol. The minimum atomic E-state index is 0.0514. The molecule has 4 nitrogen and oxygen atoms in total. The summed E-state index contributed by atoms with van der Waals surface area (Å²) >= 11 is 0. The molecule has 0 saturated carbocycles. The van der Waals surface area contributed by atoms with Gasteiger partial charge in [-0.05, 0) is 19.8 Å². The number of aliphatic imine (C=N–C) groups is 1. The molecule has 0 saturated heterocycles. The van der Waals surface area contributed by atoms with E-state index < -0.39 is 0 Å². The summed E-state index contributed by atoms with van der Waals surface area (Å²) in [6.45, 7) is 10.7. The van der Waals surface area contributed by atoms with Gasteiger partial charge in [-0.25, -0.2) is 4.99 Å². The van der Waals surface area contributed by atoms with Crippen LogP contribution in [0.4, 0.5) is 0 Å². The molecule has 4 heteroatoms. The van der Waals surface area contributed by atoms with E-state index in [1.165, 1.54) is 44.4 Å². The number of hydrogen-bond donors (Lipinski definition) is 1. The number of amidine groups is 1. The lowest BCUT2D eigenvalue weighted by Gasteiger charge is -2.32. The van der Waals surface area contributed by atoms with Gasteiger partial charge in [0.05, 0.1) is 19.6 Å². The number of quaternary nitrogens is 1. The van der Waals surface area contributed by atoms with Crippen LogP contribution < -0.4 is 5.32 Å². The third-order valence-corrected chi connectivity index (χ3v) is 4.80. The minimum Gasteiger partial charge on any atom is -0.351 e. The molecule has 1 unspecified atom stereocenters. The SMILES string of the molecule is CCCCCCCC/C=C/C1=NCC[N+]1(CC)CCNC(C)=O. The molecule has 0 bridgehead atoms. The van der Waals surface area contributed by atoms with Crippen molar-refractivity contribution in [1.82, 2.24) is 5.32 Å². The number of carbonyl (C=O) groups is 1. The van der Waals surface area contributed by atoms with Crippen molar-refractivity contribution in [2.24, 2.45) is 4.99 Å². The molecular weight excluding hydrogens is 286 g/mol. The van der Waals surface area contributed by atoms with Gasteiger partial charge in [0.25, 0.3) is 0 Å². The van der Waals surface area contributed by atoms with Crippen molar-refractivity contribution < 1.29 is 9.28 Å². The zero-order valence-electron chi connectivity index (χ0n) is 15.4. The van der Waals surface area contributed by atoms with Crippen molar-refractivity contribution in [3.8, 4) is 0 Å².